The minimum atomic E-state index is -0.488. The number of imide groups is 1. The van der Waals surface area contributed by atoms with Gasteiger partial charge in [0.05, 0.1) is 13.2 Å². The topological polar surface area (TPSA) is 103 Å². The van der Waals surface area contributed by atoms with Gasteiger partial charge < -0.3 is 15.3 Å². The van der Waals surface area contributed by atoms with E-state index in [4.69, 9.17) is 5.11 Å². The number of carbonyl (C=O) groups is 3. The number of rotatable bonds is 7. The Morgan fingerprint density at radius 1 is 1.03 bits per heavy atom. The van der Waals surface area contributed by atoms with Gasteiger partial charge in [-0.25, -0.2) is 0 Å². The lowest BCUT2D eigenvalue weighted by Crippen LogP contribution is -2.34. The highest BCUT2D eigenvalue weighted by Gasteiger charge is 2.33. The fourth-order valence-corrected chi connectivity index (χ4v) is 3.54. The molecule has 8 heteroatoms. The third kappa shape index (κ3) is 3.62. The summed E-state index contributed by atoms with van der Waals surface area (Å²) in [6, 6.07) is 11.0. The molecule has 2 aliphatic heterocycles. The van der Waals surface area contributed by atoms with E-state index in [1.54, 1.807) is 29.3 Å². The molecule has 0 saturated heterocycles. The Morgan fingerprint density at radius 2 is 1.90 bits per heavy atom. The van der Waals surface area contributed by atoms with Crippen LogP contribution in [0.5, 0.6) is 0 Å². The van der Waals surface area contributed by atoms with Crippen molar-refractivity contribution in [2.24, 2.45) is 0 Å². The third-order valence-corrected chi connectivity index (χ3v) is 5.01. The van der Waals surface area contributed by atoms with Crippen LogP contribution in [0.2, 0.25) is 0 Å². The number of amides is 3. The molecule has 0 aliphatic carbocycles. The molecule has 29 heavy (non-hydrogen) atoms. The zero-order valence-corrected chi connectivity index (χ0v) is 15.7. The van der Waals surface area contributed by atoms with Gasteiger partial charge in [-0.1, -0.05) is 12.1 Å². The minimum Gasteiger partial charge on any atom is -0.395 e. The van der Waals surface area contributed by atoms with Crippen molar-refractivity contribution in [1.82, 2.24) is 14.8 Å². The molecule has 2 aromatic rings. The standard InChI is InChI=1S/C21H20N4O4/c26-11-10-25-19(27)12-18(21(25)29)23-17-6-3-5-15-16(17)13-24(20(15)28)9-7-14-4-1-2-8-22-14/h1-6,8,12,23,26H,7,9-11,13H2. The number of anilines is 1. The van der Waals surface area contributed by atoms with Crippen LogP contribution in [0.15, 0.2) is 54.4 Å². The number of benzene rings is 1. The van der Waals surface area contributed by atoms with Crippen molar-refractivity contribution in [3.8, 4) is 0 Å². The summed E-state index contributed by atoms with van der Waals surface area (Å²) in [5.41, 5.74) is 3.05. The molecule has 0 unspecified atom stereocenters. The molecule has 0 saturated carbocycles. The van der Waals surface area contributed by atoms with Gasteiger partial charge in [-0.2, -0.15) is 0 Å². The van der Waals surface area contributed by atoms with Gasteiger partial charge in [0.25, 0.3) is 17.7 Å². The van der Waals surface area contributed by atoms with E-state index in [1.807, 2.05) is 18.2 Å². The van der Waals surface area contributed by atoms with Crippen molar-refractivity contribution in [2.75, 3.05) is 25.0 Å². The van der Waals surface area contributed by atoms with E-state index in [0.717, 1.165) is 16.2 Å². The van der Waals surface area contributed by atoms with Crippen molar-refractivity contribution in [2.45, 2.75) is 13.0 Å². The maximum absolute atomic E-state index is 12.8. The van der Waals surface area contributed by atoms with Gasteiger partial charge in [0.1, 0.15) is 5.70 Å². The van der Waals surface area contributed by atoms with Crippen molar-refractivity contribution < 1.29 is 19.5 Å². The lowest BCUT2D eigenvalue weighted by atomic mass is 10.1. The fraction of sp³-hybridized carbons (Fsp3) is 0.238. The van der Waals surface area contributed by atoms with Gasteiger partial charge >= 0.3 is 0 Å². The first-order chi connectivity index (χ1) is 14.1. The van der Waals surface area contributed by atoms with Crippen LogP contribution in [0.1, 0.15) is 21.6 Å². The first-order valence-electron chi connectivity index (χ1n) is 9.35. The summed E-state index contributed by atoms with van der Waals surface area (Å²) in [6.07, 6.45) is 3.59. The van der Waals surface area contributed by atoms with Gasteiger partial charge in [0.15, 0.2) is 0 Å². The Kier molecular flexibility index (Phi) is 5.09. The van der Waals surface area contributed by atoms with Crippen molar-refractivity contribution in [3.63, 3.8) is 0 Å². The van der Waals surface area contributed by atoms with Gasteiger partial charge in [-0.15, -0.1) is 0 Å². The van der Waals surface area contributed by atoms with E-state index in [9.17, 15) is 14.4 Å². The number of aliphatic hydroxyl groups excluding tert-OH is 1. The maximum Gasteiger partial charge on any atom is 0.277 e. The average Bonchev–Trinajstić information content (AvgIpc) is 3.19. The number of aromatic nitrogens is 1. The predicted molar refractivity (Wildman–Crippen MR) is 105 cm³/mol. The second kappa shape index (κ2) is 7.84. The SMILES string of the molecule is O=C1c2cccc(NC3=CC(=O)N(CCO)C3=O)c2CN1CCc1ccccn1. The Labute approximate surface area is 167 Å². The van der Waals surface area contributed by atoms with Gasteiger partial charge in [-0.3, -0.25) is 24.3 Å². The highest BCUT2D eigenvalue weighted by Crippen LogP contribution is 2.31. The van der Waals surface area contributed by atoms with Crippen LogP contribution in [-0.2, 0) is 22.6 Å². The summed E-state index contributed by atoms with van der Waals surface area (Å²) in [6.45, 7) is 0.611. The van der Waals surface area contributed by atoms with E-state index in [2.05, 4.69) is 10.3 Å². The first-order valence-corrected chi connectivity index (χ1v) is 9.35. The van der Waals surface area contributed by atoms with E-state index in [0.29, 0.717) is 30.8 Å². The molecule has 0 bridgehead atoms. The number of nitrogens with zero attached hydrogens (tertiary/aromatic N) is 3. The smallest absolute Gasteiger partial charge is 0.277 e. The summed E-state index contributed by atoms with van der Waals surface area (Å²) in [7, 11) is 0. The largest absolute Gasteiger partial charge is 0.395 e. The fourth-order valence-electron chi connectivity index (χ4n) is 3.54. The highest BCUT2D eigenvalue weighted by molar-refractivity contribution is 6.17. The number of β-amino-alcohol motifs (C(OH)–C–C–N with tert-alkyl or cyclic N) is 1. The summed E-state index contributed by atoms with van der Waals surface area (Å²) in [5, 5.41) is 12.0. The lowest BCUT2D eigenvalue weighted by molar-refractivity contribution is -0.137. The second-order valence-electron chi connectivity index (χ2n) is 6.83. The molecule has 1 aromatic heterocycles. The molecule has 8 nitrogen and oxygen atoms in total. The van der Waals surface area contributed by atoms with Crippen LogP contribution in [-0.4, -0.2) is 57.3 Å². The van der Waals surface area contributed by atoms with E-state index < -0.39 is 11.8 Å². The first kappa shape index (κ1) is 18.8. The summed E-state index contributed by atoms with van der Waals surface area (Å²) in [5.74, 6) is -1.02. The van der Waals surface area contributed by atoms with Crippen LogP contribution < -0.4 is 5.32 Å². The molecular formula is C21H20N4O4. The number of fused-ring (bicyclic) bond motifs is 1. The molecule has 0 atom stereocenters. The molecule has 0 radical (unpaired) electrons. The van der Waals surface area contributed by atoms with E-state index in [-0.39, 0.29) is 24.8 Å². The Balaban J connectivity index is 1.49. The summed E-state index contributed by atoms with van der Waals surface area (Å²) >= 11 is 0. The number of pyridine rings is 1. The molecule has 2 N–H and O–H groups in total. The summed E-state index contributed by atoms with van der Waals surface area (Å²) in [4.78, 5) is 44.1. The van der Waals surface area contributed by atoms with Crippen LogP contribution in [0.3, 0.4) is 0 Å². The van der Waals surface area contributed by atoms with Gasteiger partial charge in [0.2, 0.25) is 0 Å². The Morgan fingerprint density at radius 3 is 2.66 bits per heavy atom. The predicted octanol–water partition coefficient (Wildman–Crippen LogP) is 0.937. The zero-order valence-electron chi connectivity index (χ0n) is 15.7. The van der Waals surface area contributed by atoms with Crippen LogP contribution >= 0.6 is 0 Å². The van der Waals surface area contributed by atoms with Crippen LogP contribution in [0.4, 0.5) is 5.69 Å². The zero-order chi connectivity index (χ0) is 20.4. The quantitative estimate of drug-likeness (QED) is 0.680. The van der Waals surface area contributed by atoms with Crippen molar-refractivity contribution >= 4 is 23.4 Å². The minimum absolute atomic E-state index is 0.0496. The lowest BCUT2D eigenvalue weighted by Gasteiger charge is -2.16. The summed E-state index contributed by atoms with van der Waals surface area (Å²) < 4.78 is 0. The molecule has 2 aliphatic rings. The van der Waals surface area contributed by atoms with Crippen LogP contribution in [0, 0.1) is 0 Å². The number of nitrogens with one attached hydrogen (secondary N) is 1. The van der Waals surface area contributed by atoms with Gasteiger partial charge in [-0.05, 0) is 24.3 Å². The van der Waals surface area contributed by atoms with Crippen LogP contribution in [0.25, 0.3) is 0 Å². The Hall–Kier alpha value is -3.52. The second-order valence-corrected chi connectivity index (χ2v) is 6.83. The number of hydrogen-bond donors (Lipinski definition) is 2. The van der Waals surface area contributed by atoms with Crippen molar-refractivity contribution in [1.29, 1.82) is 0 Å². The molecule has 4 rings (SSSR count). The molecule has 3 amide bonds. The molecule has 3 heterocycles. The molecule has 0 spiro atoms. The van der Waals surface area contributed by atoms with Crippen molar-refractivity contribution in [3.05, 3.63) is 71.2 Å². The molecule has 1 aromatic carbocycles. The number of carbonyl (C=O) groups excluding carboxylic acids is 3. The normalized spacial score (nSPS) is 15.8. The average molecular weight is 392 g/mol. The van der Waals surface area contributed by atoms with Gasteiger partial charge in [0, 0.05) is 54.3 Å². The molecule has 0 fully saturated rings. The molecule has 148 valence electrons. The highest BCUT2D eigenvalue weighted by atomic mass is 16.3. The number of aliphatic hydroxyl groups is 1. The monoisotopic (exact) mass is 392 g/mol. The van der Waals surface area contributed by atoms with E-state index in [1.165, 1.54) is 6.08 Å². The third-order valence-electron chi connectivity index (χ3n) is 5.01. The Bertz CT molecular complexity index is 1000. The maximum atomic E-state index is 12.8. The van der Waals surface area contributed by atoms with E-state index >= 15 is 0 Å². The number of hydrogen-bond acceptors (Lipinski definition) is 6. The molecular weight excluding hydrogens is 372 g/mol.